The van der Waals surface area contributed by atoms with E-state index in [1.165, 1.54) is 25.1 Å². The lowest BCUT2D eigenvalue weighted by molar-refractivity contribution is -0.274. The van der Waals surface area contributed by atoms with E-state index >= 15 is 0 Å². The molecular weight excluding hydrogens is 233 g/mol. The lowest BCUT2D eigenvalue weighted by Crippen LogP contribution is -2.19. The second-order valence-electron chi connectivity index (χ2n) is 4.21. The molecular formula is C12H11F3O2. The average Bonchev–Trinajstić information content (AvgIpc) is 2.95. The van der Waals surface area contributed by atoms with E-state index in [-0.39, 0.29) is 11.5 Å². The Morgan fingerprint density at radius 2 is 2.00 bits per heavy atom. The van der Waals surface area contributed by atoms with Gasteiger partial charge in [0.25, 0.3) is 0 Å². The number of benzene rings is 1. The highest BCUT2D eigenvalue weighted by molar-refractivity contribution is 5.91. The number of carbonyl (C=O) groups excluding carboxylic acids is 1. The predicted molar refractivity (Wildman–Crippen MR) is 54.7 cm³/mol. The van der Waals surface area contributed by atoms with Crippen LogP contribution < -0.4 is 4.74 Å². The first kappa shape index (κ1) is 12.0. The molecule has 92 valence electrons. The van der Waals surface area contributed by atoms with Crippen LogP contribution in [0.3, 0.4) is 0 Å². The molecule has 2 rings (SSSR count). The smallest absolute Gasteiger partial charge is 0.406 e. The zero-order valence-electron chi connectivity index (χ0n) is 9.17. The monoisotopic (exact) mass is 244 g/mol. The summed E-state index contributed by atoms with van der Waals surface area (Å²) >= 11 is 0. The Hall–Kier alpha value is -1.52. The molecule has 0 spiro atoms. The number of alkyl halides is 3. The number of rotatable bonds is 3. The summed E-state index contributed by atoms with van der Waals surface area (Å²) in [7, 11) is 0. The number of carbonyl (C=O) groups is 1. The Kier molecular flexibility index (Phi) is 2.64. The van der Waals surface area contributed by atoms with Crippen LogP contribution in [-0.2, 0) is 10.2 Å². The van der Waals surface area contributed by atoms with Crippen molar-refractivity contribution in [2.24, 2.45) is 0 Å². The molecule has 2 nitrogen and oxygen atoms in total. The van der Waals surface area contributed by atoms with Gasteiger partial charge in [-0.15, -0.1) is 13.2 Å². The minimum Gasteiger partial charge on any atom is -0.406 e. The zero-order valence-corrected chi connectivity index (χ0v) is 9.17. The molecule has 0 amide bonds. The summed E-state index contributed by atoms with van der Waals surface area (Å²) in [5.41, 5.74) is 0.0251. The molecule has 0 bridgehead atoms. The van der Waals surface area contributed by atoms with Crippen molar-refractivity contribution in [2.75, 3.05) is 0 Å². The summed E-state index contributed by atoms with van der Waals surface area (Å²) in [6, 6.07) is 5.66. The SMILES string of the molecule is CC(=O)C1(c2cccc(OC(F)(F)F)c2)CC1. The zero-order chi connectivity index (χ0) is 12.7. The van der Waals surface area contributed by atoms with Gasteiger partial charge in [-0.3, -0.25) is 4.79 Å². The van der Waals surface area contributed by atoms with Crippen molar-refractivity contribution in [3.05, 3.63) is 29.8 Å². The van der Waals surface area contributed by atoms with Crippen LogP contribution in [0.4, 0.5) is 13.2 Å². The topological polar surface area (TPSA) is 26.3 Å². The van der Waals surface area contributed by atoms with Crippen LogP contribution in [-0.4, -0.2) is 12.1 Å². The average molecular weight is 244 g/mol. The first-order chi connectivity index (χ1) is 7.83. The molecule has 1 fully saturated rings. The minimum absolute atomic E-state index is 0.0124. The molecule has 17 heavy (non-hydrogen) atoms. The molecule has 1 aliphatic rings. The molecule has 1 aliphatic carbocycles. The van der Waals surface area contributed by atoms with Crippen molar-refractivity contribution < 1.29 is 22.7 Å². The predicted octanol–water partition coefficient (Wildman–Crippen LogP) is 3.21. The number of halogens is 3. The number of hydrogen-bond donors (Lipinski definition) is 0. The van der Waals surface area contributed by atoms with Gasteiger partial charge in [0.2, 0.25) is 0 Å². The third-order valence-corrected chi connectivity index (χ3v) is 3.04. The van der Waals surface area contributed by atoms with Crippen molar-refractivity contribution in [2.45, 2.75) is 31.5 Å². The molecule has 1 saturated carbocycles. The molecule has 0 unspecified atom stereocenters. The Balaban J connectivity index is 2.27. The van der Waals surface area contributed by atoms with Crippen LogP contribution in [0.5, 0.6) is 5.75 Å². The fourth-order valence-corrected chi connectivity index (χ4v) is 1.96. The quantitative estimate of drug-likeness (QED) is 0.816. The summed E-state index contributed by atoms with van der Waals surface area (Å²) in [6.45, 7) is 1.46. The highest BCUT2D eigenvalue weighted by Crippen LogP contribution is 2.49. The van der Waals surface area contributed by atoms with Crippen molar-refractivity contribution in [1.29, 1.82) is 0 Å². The molecule has 0 aromatic heterocycles. The Labute approximate surface area is 96.4 Å². The molecule has 0 aliphatic heterocycles. The second-order valence-corrected chi connectivity index (χ2v) is 4.21. The van der Waals surface area contributed by atoms with Crippen LogP contribution in [0, 0.1) is 0 Å². The highest BCUT2D eigenvalue weighted by atomic mass is 19.4. The van der Waals surface area contributed by atoms with Gasteiger partial charge in [-0.25, -0.2) is 0 Å². The largest absolute Gasteiger partial charge is 0.573 e. The Morgan fingerprint density at radius 1 is 1.35 bits per heavy atom. The van der Waals surface area contributed by atoms with E-state index in [4.69, 9.17) is 0 Å². The Bertz CT molecular complexity index is 447. The third-order valence-electron chi connectivity index (χ3n) is 3.04. The summed E-state index contributed by atoms with van der Waals surface area (Å²) in [5, 5.41) is 0. The van der Waals surface area contributed by atoms with E-state index in [1.807, 2.05) is 0 Å². The number of ketones is 1. The summed E-state index contributed by atoms with van der Waals surface area (Å²) in [6.07, 6.45) is -3.32. The van der Waals surface area contributed by atoms with Gasteiger partial charge >= 0.3 is 6.36 Å². The number of Topliss-reactive ketones (excluding diaryl/α,β-unsaturated/α-hetero) is 1. The molecule has 0 saturated heterocycles. The maximum Gasteiger partial charge on any atom is 0.573 e. The van der Waals surface area contributed by atoms with Crippen molar-refractivity contribution in [1.82, 2.24) is 0 Å². The molecule has 0 N–H and O–H groups in total. The highest BCUT2D eigenvalue weighted by Gasteiger charge is 2.48. The van der Waals surface area contributed by atoms with Crippen LogP contribution in [0.15, 0.2) is 24.3 Å². The van der Waals surface area contributed by atoms with Gasteiger partial charge in [0.05, 0.1) is 5.41 Å². The van der Waals surface area contributed by atoms with Gasteiger partial charge in [-0.2, -0.15) is 0 Å². The maximum atomic E-state index is 12.1. The standard InChI is InChI=1S/C12H11F3O2/c1-8(16)11(5-6-11)9-3-2-4-10(7-9)17-12(13,14)15/h2-4,7H,5-6H2,1H3. The van der Waals surface area contributed by atoms with Crippen molar-refractivity contribution >= 4 is 5.78 Å². The summed E-state index contributed by atoms with van der Waals surface area (Å²) < 4.78 is 40.0. The minimum atomic E-state index is -4.70. The van der Waals surface area contributed by atoms with Gasteiger partial charge in [-0.05, 0) is 37.5 Å². The molecule has 0 radical (unpaired) electrons. The summed E-state index contributed by atoms with van der Waals surface area (Å²) in [4.78, 5) is 11.5. The lowest BCUT2D eigenvalue weighted by atomic mass is 9.92. The van der Waals surface area contributed by atoms with E-state index in [1.54, 1.807) is 6.07 Å². The van der Waals surface area contributed by atoms with E-state index in [9.17, 15) is 18.0 Å². The van der Waals surface area contributed by atoms with Gasteiger partial charge in [0.1, 0.15) is 11.5 Å². The van der Waals surface area contributed by atoms with Crippen LogP contribution in [0.25, 0.3) is 0 Å². The van der Waals surface area contributed by atoms with Crippen LogP contribution in [0.2, 0.25) is 0 Å². The van der Waals surface area contributed by atoms with Gasteiger partial charge in [0.15, 0.2) is 0 Å². The van der Waals surface area contributed by atoms with E-state index in [0.717, 1.165) is 0 Å². The van der Waals surface area contributed by atoms with Crippen molar-refractivity contribution in [3.63, 3.8) is 0 Å². The molecule has 0 heterocycles. The summed E-state index contributed by atoms with van der Waals surface area (Å²) in [5.74, 6) is -0.288. The first-order valence-electron chi connectivity index (χ1n) is 5.21. The fourth-order valence-electron chi connectivity index (χ4n) is 1.96. The second kappa shape index (κ2) is 3.75. The van der Waals surface area contributed by atoms with E-state index in [0.29, 0.717) is 18.4 Å². The number of ether oxygens (including phenoxy) is 1. The maximum absolute atomic E-state index is 12.1. The number of hydrogen-bond acceptors (Lipinski definition) is 2. The third kappa shape index (κ3) is 2.43. The van der Waals surface area contributed by atoms with Crippen LogP contribution >= 0.6 is 0 Å². The molecule has 0 atom stereocenters. The first-order valence-corrected chi connectivity index (χ1v) is 5.21. The van der Waals surface area contributed by atoms with Crippen molar-refractivity contribution in [3.8, 4) is 5.75 Å². The van der Waals surface area contributed by atoms with E-state index in [2.05, 4.69) is 4.74 Å². The van der Waals surface area contributed by atoms with Crippen LogP contribution in [0.1, 0.15) is 25.3 Å². The normalized spacial score (nSPS) is 17.6. The Morgan fingerprint density at radius 3 is 2.47 bits per heavy atom. The van der Waals surface area contributed by atoms with Gasteiger partial charge < -0.3 is 4.74 Å². The fraction of sp³-hybridized carbons (Fsp3) is 0.417. The molecule has 5 heteroatoms. The lowest BCUT2D eigenvalue weighted by Gasteiger charge is -2.14. The molecule has 1 aromatic rings. The van der Waals surface area contributed by atoms with Gasteiger partial charge in [0, 0.05) is 0 Å². The van der Waals surface area contributed by atoms with Gasteiger partial charge in [-0.1, -0.05) is 12.1 Å². The van der Waals surface area contributed by atoms with E-state index < -0.39 is 11.8 Å². The molecule has 1 aromatic carbocycles.